The summed E-state index contributed by atoms with van der Waals surface area (Å²) in [6.45, 7) is 0. The molecule has 0 saturated heterocycles. The van der Waals surface area contributed by atoms with Crippen LogP contribution in [0.2, 0.25) is 0 Å². The zero-order valence-corrected chi connectivity index (χ0v) is 38.7. The summed E-state index contributed by atoms with van der Waals surface area (Å²) in [5.41, 5.74) is 14.3. The van der Waals surface area contributed by atoms with E-state index in [0.29, 0.717) is 0 Å². The van der Waals surface area contributed by atoms with E-state index >= 15 is 0 Å². The van der Waals surface area contributed by atoms with Gasteiger partial charge in [-0.15, -0.1) is 10.0 Å². The van der Waals surface area contributed by atoms with Crippen molar-refractivity contribution in [2.45, 2.75) is 19.6 Å². The largest absolute Gasteiger partial charge is 0.309 e. The summed E-state index contributed by atoms with van der Waals surface area (Å²) in [5, 5.41) is 4.92. The van der Waals surface area contributed by atoms with Gasteiger partial charge in [-0.3, -0.25) is 0 Å². The molecule has 3 heteroatoms. The van der Waals surface area contributed by atoms with Crippen molar-refractivity contribution in [3.63, 3.8) is 0 Å². The van der Waals surface area contributed by atoms with Gasteiger partial charge in [0, 0.05) is 46.8 Å². The molecule has 0 N–H and O–H groups in total. The molecular formula is C66H46N2S. The first kappa shape index (κ1) is 40.6. The van der Waals surface area contributed by atoms with Gasteiger partial charge in [0.1, 0.15) is 0 Å². The van der Waals surface area contributed by atoms with Gasteiger partial charge >= 0.3 is 0 Å². The van der Waals surface area contributed by atoms with Gasteiger partial charge in [0.05, 0.1) is 27.8 Å². The van der Waals surface area contributed by atoms with Gasteiger partial charge < -0.3 is 9.13 Å². The third-order valence-corrected chi connectivity index (χ3v) is 17.7. The molecule has 2 nitrogen and oxygen atoms in total. The maximum atomic E-state index is 2.51. The van der Waals surface area contributed by atoms with Crippen LogP contribution in [0.3, 0.4) is 0 Å². The number of hydrogen-bond donors (Lipinski definition) is 0. The van der Waals surface area contributed by atoms with Crippen LogP contribution in [0.5, 0.6) is 0 Å². The molecule has 0 aliphatic carbocycles. The topological polar surface area (TPSA) is 9.86 Å². The number of rotatable bonds is 9. The maximum absolute atomic E-state index is 2.51. The minimum Gasteiger partial charge on any atom is -0.309 e. The first-order valence-electron chi connectivity index (χ1n) is 23.7. The van der Waals surface area contributed by atoms with E-state index in [1.54, 1.807) is 0 Å². The molecule has 13 aromatic rings. The number of benzene rings is 11. The number of hydrogen-bond acceptors (Lipinski definition) is 0. The summed E-state index contributed by atoms with van der Waals surface area (Å²) in [4.78, 5) is 5.15. The fraction of sp³-hybridized carbons (Fsp3) is 0. The summed E-state index contributed by atoms with van der Waals surface area (Å²) in [6.07, 6.45) is 0. The highest BCUT2D eigenvalue weighted by atomic mass is 32.3. The van der Waals surface area contributed by atoms with Crippen molar-refractivity contribution in [1.82, 2.24) is 9.13 Å². The molecular weight excluding hydrogens is 853 g/mol. The van der Waals surface area contributed by atoms with Crippen LogP contribution in [0.1, 0.15) is 0 Å². The lowest BCUT2D eigenvalue weighted by molar-refractivity contribution is 1.14. The van der Waals surface area contributed by atoms with E-state index in [4.69, 9.17) is 0 Å². The Morgan fingerprint density at radius 3 is 1.36 bits per heavy atom. The van der Waals surface area contributed by atoms with E-state index in [9.17, 15) is 0 Å². The monoisotopic (exact) mass is 898 g/mol. The van der Waals surface area contributed by atoms with E-state index in [1.165, 1.54) is 91.1 Å². The van der Waals surface area contributed by atoms with Gasteiger partial charge in [0.15, 0.2) is 0 Å². The summed E-state index contributed by atoms with van der Waals surface area (Å²) in [6, 6.07) is 103. The second kappa shape index (κ2) is 16.9. The Balaban J connectivity index is 1.06. The lowest BCUT2D eigenvalue weighted by Gasteiger charge is -2.42. The van der Waals surface area contributed by atoms with Gasteiger partial charge in [0.2, 0.25) is 0 Å². The van der Waals surface area contributed by atoms with E-state index < -0.39 is 10.0 Å². The molecule has 0 aliphatic rings. The molecule has 11 aromatic carbocycles. The predicted molar refractivity (Wildman–Crippen MR) is 291 cm³/mol. The predicted octanol–water partition coefficient (Wildman–Crippen LogP) is 18.2. The van der Waals surface area contributed by atoms with Crippen LogP contribution in [0, 0.1) is 0 Å². The zero-order chi connectivity index (χ0) is 45.7. The van der Waals surface area contributed by atoms with Crippen molar-refractivity contribution in [3.05, 3.63) is 279 Å². The van der Waals surface area contributed by atoms with Crippen LogP contribution in [0.4, 0.5) is 0 Å². The molecule has 0 unspecified atom stereocenters. The van der Waals surface area contributed by atoms with Crippen molar-refractivity contribution < 1.29 is 0 Å². The third kappa shape index (κ3) is 6.58. The van der Waals surface area contributed by atoms with E-state index in [2.05, 4.69) is 288 Å². The second-order valence-electron chi connectivity index (χ2n) is 17.6. The standard InChI is InChI=1S/C66H46N2S/c1-5-23-47(24-6-1)49-27-19-33-53(45-49)69(51-29-9-3-10-30-51,52-31-11-4-12-32-52)54-34-20-28-50(46-54)67-60-40-17-16-38-59(60)66-63(67)43-22-44-64(66)68-61-41-18-15-37-58(61)65-57(39-21-42-62(65)68)56-36-14-13-35-55(56)48-25-7-2-8-26-48/h1-46H. The molecule has 0 fully saturated rings. The second-order valence-corrected chi connectivity index (χ2v) is 20.7. The lowest BCUT2D eigenvalue weighted by Crippen LogP contribution is -2.06. The van der Waals surface area contributed by atoms with Crippen LogP contribution in [-0.4, -0.2) is 9.13 Å². The van der Waals surface area contributed by atoms with Crippen molar-refractivity contribution in [2.75, 3.05) is 0 Å². The smallest absolute Gasteiger partial charge is 0.0562 e. The molecule has 69 heavy (non-hydrogen) atoms. The molecule has 0 atom stereocenters. The van der Waals surface area contributed by atoms with Crippen LogP contribution >= 0.6 is 10.0 Å². The van der Waals surface area contributed by atoms with Crippen molar-refractivity contribution in [3.8, 4) is 44.8 Å². The van der Waals surface area contributed by atoms with Crippen LogP contribution in [0.15, 0.2) is 299 Å². The fourth-order valence-electron chi connectivity index (χ4n) is 10.9. The molecule has 2 heterocycles. The Morgan fingerprint density at radius 2 is 0.681 bits per heavy atom. The number of nitrogens with zero attached hydrogens (tertiary/aromatic N) is 2. The summed E-state index contributed by atoms with van der Waals surface area (Å²) >= 11 is 0. The summed E-state index contributed by atoms with van der Waals surface area (Å²) < 4.78 is 5.00. The molecule has 0 bridgehead atoms. The molecule has 0 spiro atoms. The van der Waals surface area contributed by atoms with Crippen LogP contribution in [-0.2, 0) is 0 Å². The van der Waals surface area contributed by atoms with E-state index in [-0.39, 0.29) is 0 Å². The van der Waals surface area contributed by atoms with E-state index in [1.807, 2.05) is 0 Å². The van der Waals surface area contributed by atoms with Gasteiger partial charge in [-0.2, -0.15) is 0 Å². The Bertz CT molecular complexity index is 3960. The molecule has 0 amide bonds. The lowest BCUT2D eigenvalue weighted by atomic mass is 9.92. The fourth-order valence-corrected chi connectivity index (χ4v) is 14.9. The minimum atomic E-state index is -2.02. The average molecular weight is 899 g/mol. The number of aromatic nitrogens is 2. The van der Waals surface area contributed by atoms with E-state index in [0.717, 1.165) is 16.9 Å². The maximum Gasteiger partial charge on any atom is 0.0562 e. The van der Waals surface area contributed by atoms with Crippen molar-refractivity contribution in [1.29, 1.82) is 0 Å². The first-order chi connectivity index (χ1) is 34.3. The Kier molecular flexibility index (Phi) is 9.96. The van der Waals surface area contributed by atoms with Crippen LogP contribution in [0.25, 0.3) is 88.4 Å². The highest BCUT2D eigenvalue weighted by Crippen LogP contribution is 2.73. The van der Waals surface area contributed by atoms with Gasteiger partial charge in [-0.1, -0.05) is 194 Å². The van der Waals surface area contributed by atoms with Gasteiger partial charge in [-0.05, 0) is 118 Å². The molecule has 326 valence electrons. The molecule has 13 rings (SSSR count). The quantitative estimate of drug-likeness (QED) is 0.137. The van der Waals surface area contributed by atoms with Crippen molar-refractivity contribution in [2.24, 2.45) is 0 Å². The molecule has 2 aromatic heterocycles. The normalized spacial score (nSPS) is 12.0. The number of para-hydroxylation sites is 2. The Labute approximate surface area is 404 Å². The Hall–Kier alpha value is -8.63. The van der Waals surface area contributed by atoms with Crippen molar-refractivity contribution >= 4 is 53.6 Å². The first-order valence-corrected chi connectivity index (χ1v) is 25.3. The SMILES string of the molecule is c1ccc(-c2cccc(S(c3ccccc3)(c3ccccc3)c3cccc(-n4c5ccccc5c5c(-n6c7ccccc7c7c(-c8ccccc8-c8ccccc8)cccc76)cccc54)c3)c2)cc1. The minimum absolute atomic E-state index is 1.13. The van der Waals surface area contributed by atoms with Crippen LogP contribution < -0.4 is 0 Å². The average Bonchev–Trinajstić information content (AvgIpc) is 3.96. The zero-order valence-electron chi connectivity index (χ0n) is 37.9. The molecule has 0 radical (unpaired) electrons. The van der Waals surface area contributed by atoms with Gasteiger partial charge in [-0.25, -0.2) is 0 Å². The summed E-state index contributed by atoms with van der Waals surface area (Å²) in [5.74, 6) is 0. The summed E-state index contributed by atoms with van der Waals surface area (Å²) in [7, 11) is -2.02. The third-order valence-electron chi connectivity index (χ3n) is 13.8. The molecule has 0 aliphatic heterocycles. The Morgan fingerprint density at radius 1 is 0.246 bits per heavy atom. The highest BCUT2D eigenvalue weighted by molar-refractivity contribution is 8.34. The highest BCUT2D eigenvalue weighted by Gasteiger charge is 2.34. The van der Waals surface area contributed by atoms with Gasteiger partial charge in [0.25, 0.3) is 0 Å². The number of fused-ring (bicyclic) bond motifs is 6. The molecule has 0 saturated carbocycles.